The SMILES string of the molecule is CC(N)CNC(=O)C1CC(=O)N(C)C1.Cl. The van der Waals surface area contributed by atoms with Gasteiger partial charge in [-0.15, -0.1) is 12.4 Å². The molecule has 2 atom stereocenters. The number of hydrogen-bond donors (Lipinski definition) is 2. The largest absolute Gasteiger partial charge is 0.354 e. The van der Waals surface area contributed by atoms with Gasteiger partial charge < -0.3 is 16.0 Å². The van der Waals surface area contributed by atoms with Crippen molar-refractivity contribution < 1.29 is 9.59 Å². The van der Waals surface area contributed by atoms with Crippen LogP contribution in [0.4, 0.5) is 0 Å². The van der Waals surface area contributed by atoms with Crippen LogP contribution in [-0.4, -0.2) is 42.9 Å². The van der Waals surface area contributed by atoms with Gasteiger partial charge in [0.1, 0.15) is 0 Å². The molecular formula is C9H18ClN3O2. The van der Waals surface area contributed by atoms with Crippen LogP contribution in [0.5, 0.6) is 0 Å². The maximum atomic E-state index is 11.5. The lowest BCUT2D eigenvalue weighted by molar-refractivity contribution is -0.128. The summed E-state index contributed by atoms with van der Waals surface area (Å²) in [6, 6.07) is -0.0474. The summed E-state index contributed by atoms with van der Waals surface area (Å²) >= 11 is 0. The van der Waals surface area contributed by atoms with E-state index in [4.69, 9.17) is 5.73 Å². The van der Waals surface area contributed by atoms with Crippen LogP contribution in [0.15, 0.2) is 0 Å². The molecule has 0 spiro atoms. The molecular weight excluding hydrogens is 218 g/mol. The monoisotopic (exact) mass is 235 g/mol. The van der Waals surface area contributed by atoms with Crippen molar-refractivity contribution in [2.45, 2.75) is 19.4 Å². The molecule has 1 saturated heterocycles. The average molecular weight is 236 g/mol. The summed E-state index contributed by atoms with van der Waals surface area (Å²) in [5, 5.41) is 2.72. The highest BCUT2D eigenvalue weighted by Gasteiger charge is 2.31. The van der Waals surface area contributed by atoms with Crippen molar-refractivity contribution in [2.75, 3.05) is 20.1 Å². The molecule has 0 aromatic carbocycles. The summed E-state index contributed by atoms with van der Waals surface area (Å²) in [4.78, 5) is 24.2. The number of nitrogens with zero attached hydrogens (tertiary/aromatic N) is 1. The van der Waals surface area contributed by atoms with E-state index < -0.39 is 0 Å². The van der Waals surface area contributed by atoms with Gasteiger partial charge in [-0.1, -0.05) is 0 Å². The van der Waals surface area contributed by atoms with Crippen LogP contribution in [0.3, 0.4) is 0 Å². The van der Waals surface area contributed by atoms with Crippen LogP contribution in [-0.2, 0) is 9.59 Å². The first-order chi connectivity index (χ1) is 6.50. The van der Waals surface area contributed by atoms with E-state index in [1.54, 1.807) is 11.9 Å². The lowest BCUT2D eigenvalue weighted by atomic mass is 10.1. The second-order valence-electron chi connectivity index (χ2n) is 3.90. The maximum absolute atomic E-state index is 11.5. The predicted octanol–water partition coefficient (Wildman–Crippen LogP) is -0.650. The number of nitrogens with one attached hydrogen (secondary N) is 1. The van der Waals surface area contributed by atoms with E-state index >= 15 is 0 Å². The molecule has 3 N–H and O–H groups in total. The Labute approximate surface area is 95.8 Å². The van der Waals surface area contributed by atoms with Crippen LogP contribution in [0, 0.1) is 5.92 Å². The minimum absolute atomic E-state index is 0. The summed E-state index contributed by atoms with van der Waals surface area (Å²) in [6.07, 6.45) is 0.321. The minimum atomic E-state index is -0.203. The number of likely N-dealkylation sites (tertiary alicyclic amines) is 1. The highest BCUT2D eigenvalue weighted by Crippen LogP contribution is 2.15. The number of rotatable bonds is 3. The molecule has 5 nitrogen and oxygen atoms in total. The standard InChI is InChI=1S/C9H17N3O2.ClH/c1-6(10)4-11-9(14)7-3-8(13)12(2)5-7;/h6-7H,3-5,10H2,1-2H3,(H,11,14);1H. The molecule has 0 aromatic rings. The topological polar surface area (TPSA) is 75.4 Å². The van der Waals surface area contributed by atoms with Gasteiger partial charge in [0.05, 0.1) is 5.92 Å². The molecule has 6 heteroatoms. The van der Waals surface area contributed by atoms with Gasteiger partial charge >= 0.3 is 0 Å². The fourth-order valence-corrected chi connectivity index (χ4v) is 1.45. The van der Waals surface area contributed by atoms with Gasteiger partial charge in [-0.05, 0) is 6.92 Å². The van der Waals surface area contributed by atoms with Crippen LogP contribution in [0.2, 0.25) is 0 Å². The molecule has 0 radical (unpaired) electrons. The zero-order chi connectivity index (χ0) is 10.7. The van der Waals surface area contributed by atoms with Crippen molar-refractivity contribution in [1.82, 2.24) is 10.2 Å². The third kappa shape index (κ3) is 4.05. The number of hydrogen-bond acceptors (Lipinski definition) is 3. The molecule has 0 aliphatic carbocycles. The second-order valence-corrected chi connectivity index (χ2v) is 3.90. The maximum Gasteiger partial charge on any atom is 0.225 e. The molecule has 1 heterocycles. The van der Waals surface area contributed by atoms with Crippen LogP contribution < -0.4 is 11.1 Å². The van der Waals surface area contributed by atoms with Crippen molar-refractivity contribution in [3.8, 4) is 0 Å². The Hall–Kier alpha value is -0.810. The van der Waals surface area contributed by atoms with Gasteiger partial charge in [0.2, 0.25) is 11.8 Å². The van der Waals surface area contributed by atoms with E-state index in [2.05, 4.69) is 5.32 Å². The molecule has 2 amide bonds. The Balaban J connectivity index is 0.00000196. The third-order valence-electron chi connectivity index (χ3n) is 2.31. The summed E-state index contributed by atoms with van der Waals surface area (Å²) in [6.45, 7) is 2.81. The Morgan fingerprint density at radius 3 is 2.73 bits per heavy atom. The lowest BCUT2D eigenvalue weighted by Crippen LogP contribution is -2.39. The molecule has 88 valence electrons. The van der Waals surface area contributed by atoms with Crippen molar-refractivity contribution in [3.63, 3.8) is 0 Å². The zero-order valence-corrected chi connectivity index (χ0v) is 9.84. The molecule has 1 fully saturated rings. The predicted molar refractivity (Wildman–Crippen MR) is 59.7 cm³/mol. The number of nitrogens with two attached hydrogens (primary N) is 1. The van der Waals surface area contributed by atoms with E-state index in [1.807, 2.05) is 6.92 Å². The number of amides is 2. The van der Waals surface area contributed by atoms with E-state index in [0.717, 1.165) is 0 Å². The van der Waals surface area contributed by atoms with E-state index in [1.165, 1.54) is 0 Å². The Kier molecular flexibility index (Phi) is 5.60. The fraction of sp³-hybridized carbons (Fsp3) is 0.778. The first-order valence-corrected chi connectivity index (χ1v) is 4.78. The first kappa shape index (κ1) is 14.2. The molecule has 0 saturated carbocycles. The Morgan fingerprint density at radius 2 is 2.33 bits per heavy atom. The molecule has 1 aliphatic rings. The van der Waals surface area contributed by atoms with Gasteiger partial charge in [0, 0.05) is 32.6 Å². The van der Waals surface area contributed by atoms with Gasteiger partial charge in [-0.3, -0.25) is 9.59 Å². The first-order valence-electron chi connectivity index (χ1n) is 4.78. The summed E-state index contributed by atoms with van der Waals surface area (Å²) in [7, 11) is 1.71. The highest BCUT2D eigenvalue weighted by molar-refractivity contribution is 5.89. The molecule has 2 unspecified atom stereocenters. The molecule has 1 aliphatic heterocycles. The van der Waals surface area contributed by atoms with Gasteiger partial charge in [0.15, 0.2) is 0 Å². The minimum Gasteiger partial charge on any atom is -0.354 e. The number of carbonyl (C=O) groups is 2. The molecule has 15 heavy (non-hydrogen) atoms. The van der Waals surface area contributed by atoms with E-state index in [-0.39, 0.29) is 36.2 Å². The number of halogens is 1. The van der Waals surface area contributed by atoms with E-state index in [9.17, 15) is 9.59 Å². The normalized spacial score (nSPS) is 22.2. The number of carbonyl (C=O) groups excluding carboxylic acids is 2. The molecule has 0 aromatic heterocycles. The third-order valence-corrected chi connectivity index (χ3v) is 2.31. The quantitative estimate of drug-likeness (QED) is 0.683. The smallest absolute Gasteiger partial charge is 0.225 e. The van der Waals surface area contributed by atoms with Gasteiger partial charge in [-0.25, -0.2) is 0 Å². The molecule has 1 rings (SSSR count). The van der Waals surface area contributed by atoms with Crippen LogP contribution in [0.25, 0.3) is 0 Å². The second kappa shape index (κ2) is 5.92. The van der Waals surface area contributed by atoms with Crippen LogP contribution >= 0.6 is 12.4 Å². The van der Waals surface area contributed by atoms with E-state index in [0.29, 0.717) is 19.5 Å². The Morgan fingerprint density at radius 1 is 1.73 bits per heavy atom. The Bertz CT molecular complexity index is 246. The van der Waals surface area contributed by atoms with Crippen molar-refractivity contribution >= 4 is 24.2 Å². The van der Waals surface area contributed by atoms with Gasteiger partial charge in [0.25, 0.3) is 0 Å². The van der Waals surface area contributed by atoms with Crippen LogP contribution in [0.1, 0.15) is 13.3 Å². The average Bonchev–Trinajstić information content (AvgIpc) is 2.43. The van der Waals surface area contributed by atoms with Crippen molar-refractivity contribution in [3.05, 3.63) is 0 Å². The summed E-state index contributed by atoms with van der Waals surface area (Å²) < 4.78 is 0. The highest BCUT2D eigenvalue weighted by atomic mass is 35.5. The lowest BCUT2D eigenvalue weighted by Gasteiger charge is -2.12. The van der Waals surface area contributed by atoms with Crippen molar-refractivity contribution in [1.29, 1.82) is 0 Å². The van der Waals surface area contributed by atoms with Crippen molar-refractivity contribution in [2.24, 2.45) is 11.7 Å². The zero-order valence-electron chi connectivity index (χ0n) is 9.03. The summed E-state index contributed by atoms with van der Waals surface area (Å²) in [5.74, 6) is -0.239. The van der Waals surface area contributed by atoms with Gasteiger partial charge in [-0.2, -0.15) is 0 Å². The fourth-order valence-electron chi connectivity index (χ4n) is 1.45. The summed E-state index contributed by atoms with van der Waals surface area (Å²) in [5.41, 5.74) is 5.50. The molecule has 0 bridgehead atoms.